The molecular weight excluding hydrogens is 487 g/mol. The molecule has 182 valence electrons. The summed E-state index contributed by atoms with van der Waals surface area (Å²) in [7, 11) is 4.24. The first-order valence-electron chi connectivity index (χ1n) is 12.7. The zero-order chi connectivity index (χ0) is 21.6. The lowest BCUT2D eigenvalue weighted by atomic mass is 10.0. The van der Waals surface area contributed by atoms with Crippen LogP contribution in [-0.4, -0.2) is 55.8 Å². The summed E-state index contributed by atoms with van der Waals surface area (Å²) >= 11 is 0. The molecule has 1 amide bonds. The van der Waals surface area contributed by atoms with E-state index < -0.39 is 0 Å². The van der Waals surface area contributed by atoms with Gasteiger partial charge in [-0.2, -0.15) is 0 Å². The standard InChI is InChI=1S/C25H52N2O2.HI/c1-4-5-6-7-8-9-10-11-12-13-14-15-16-17-18-20-25(29)26-21-19-22-27(2,3)23-24-28;/h28H,4-24H2,1-3H3;1H. The first-order valence-corrected chi connectivity index (χ1v) is 12.7. The van der Waals surface area contributed by atoms with Gasteiger partial charge in [-0.15, -0.1) is 0 Å². The van der Waals surface area contributed by atoms with Crippen molar-refractivity contribution in [3.8, 4) is 0 Å². The Kier molecular flexibility index (Phi) is 25.6. The maximum absolute atomic E-state index is 11.9. The van der Waals surface area contributed by atoms with Gasteiger partial charge in [-0.05, 0) is 6.42 Å². The van der Waals surface area contributed by atoms with Crippen LogP contribution in [0.5, 0.6) is 0 Å². The monoisotopic (exact) mass is 540 g/mol. The van der Waals surface area contributed by atoms with Gasteiger partial charge in [-0.3, -0.25) is 4.79 Å². The molecule has 30 heavy (non-hydrogen) atoms. The summed E-state index contributed by atoms with van der Waals surface area (Å²) in [5.41, 5.74) is 0. The second-order valence-corrected chi connectivity index (χ2v) is 9.51. The molecule has 0 bridgehead atoms. The molecule has 0 saturated carbocycles. The van der Waals surface area contributed by atoms with Gasteiger partial charge in [-0.1, -0.05) is 96.8 Å². The highest BCUT2D eigenvalue weighted by Crippen LogP contribution is 2.13. The van der Waals surface area contributed by atoms with Crippen LogP contribution in [0.25, 0.3) is 0 Å². The van der Waals surface area contributed by atoms with Crippen LogP contribution in [0.1, 0.15) is 116 Å². The molecule has 0 heterocycles. The Morgan fingerprint density at radius 3 is 1.57 bits per heavy atom. The van der Waals surface area contributed by atoms with E-state index in [1.54, 1.807) is 0 Å². The Morgan fingerprint density at radius 1 is 0.700 bits per heavy atom. The summed E-state index contributed by atoms with van der Waals surface area (Å²) < 4.78 is 0.811. The molecule has 0 atom stereocenters. The van der Waals surface area contributed by atoms with E-state index >= 15 is 0 Å². The largest absolute Gasteiger partial charge is 1.00 e. The lowest BCUT2D eigenvalue weighted by Gasteiger charge is -2.28. The minimum absolute atomic E-state index is 0. The predicted molar refractivity (Wildman–Crippen MR) is 126 cm³/mol. The third-order valence-electron chi connectivity index (χ3n) is 5.98. The van der Waals surface area contributed by atoms with Crippen LogP contribution in [0.15, 0.2) is 0 Å². The van der Waals surface area contributed by atoms with E-state index in [4.69, 9.17) is 5.11 Å². The van der Waals surface area contributed by atoms with Crippen molar-refractivity contribution in [1.29, 1.82) is 0 Å². The molecule has 0 rings (SSSR count). The van der Waals surface area contributed by atoms with Crippen molar-refractivity contribution in [2.45, 2.75) is 116 Å². The van der Waals surface area contributed by atoms with Crippen LogP contribution in [0.3, 0.4) is 0 Å². The number of carbonyl (C=O) groups excluding carboxylic acids is 1. The van der Waals surface area contributed by atoms with Crippen molar-refractivity contribution < 1.29 is 38.4 Å². The van der Waals surface area contributed by atoms with Crippen LogP contribution in [-0.2, 0) is 4.79 Å². The molecule has 0 fully saturated rings. The molecule has 5 heteroatoms. The van der Waals surface area contributed by atoms with E-state index in [0.29, 0.717) is 6.42 Å². The summed E-state index contributed by atoms with van der Waals surface area (Å²) in [4.78, 5) is 11.9. The lowest BCUT2D eigenvalue weighted by Crippen LogP contribution is -3.00. The first kappa shape index (κ1) is 32.3. The molecule has 0 aromatic rings. The number of likely N-dealkylation sites (N-methyl/N-ethyl adjacent to an activating group) is 1. The maximum atomic E-state index is 11.9. The molecule has 0 unspecified atom stereocenters. The van der Waals surface area contributed by atoms with E-state index in [1.165, 1.54) is 89.9 Å². The SMILES string of the molecule is CCCCCCCCCCCCCCCCCC(=O)NCCC[N+](C)(C)CCO.[I-]. The van der Waals surface area contributed by atoms with Gasteiger partial charge in [0.2, 0.25) is 5.91 Å². The number of halogens is 1. The quantitative estimate of drug-likeness (QED) is 0.126. The molecular formula is C25H53IN2O2. The Hall–Kier alpha value is 0.120. The van der Waals surface area contributed by atoms with Crippen molar-refractivity contribution in [2.75, 3.05) is 40.3 Å². The van der Waals surface area contributed by atoms with Gasteiger partial charge in [0.1, 0.15) is 6.54 Å². The molecule has 0 aromatic heterocycles. The van der Waals surface area contributed by atoms with Crippen LogP contribution >= 0.6 is 0 Å². The number of aliphatic hydroxyl groups is 1. The van der Waals surface area contributed by atoms with Gasteiger partial charge < -0.3 is 38.9 Å². The van der Waals surface area contributed by atoms with Crippen molar-refractivity contribution in [3.05, 3.63) is 0 Å². The van der Waals surface area contributed by atoms with Crippen LogP contribution in [0.4, 0.5) is 0 Å². The number of aliphatic hydroxyl groups excluding tert-OH is 1. The van der Waals surface area contributed by atoms with E-state index in [-0.39, 0.29) is 36.5 Å². The minimum atomic E-state index is 0. The average molecular weight is 541 g/mol. The molecule has 0 radical (unpaired) electrons. The number of nitrogens with one attached hydrogen (secondary N) is 1. The average Bonchev–Trinajstić information content (AvgIpc) is 2.68. The fraction of sp³-hybridized carbons (Fsp3) is 0.960. The maximum Gasteiger partial charge on any atom is 0.219 e. The number of carbonyl (C=O) groups is 1. The third kappa shape index (κ3) is 24.4. The summed E-state index contributed by atoms with van der Waals surface area (Å²) in [6.07, 6.45) is 22.0. The number of unbranched alkanes of at least 4 members (excludes halogenated alkanes) is 14. The highest BCUT2D eigenvalue weighted by molar-refractivity contribution is 5.75. The number of nitrogens with zero attached hydrogens (tertiary/aromatic N) is 1. The molecule has 2 N–H and O–H groups in total. The Morgan fingerprint density at radius 2 is 1.13 bits per heavy atom. The fourth-order valence-electron chi connectivity index (χ4n) is 3.86. The Bertz CT molecular complexity index is 365. The zero-order valence-electron chi connectivity index (χ0n) is 20.5. The van der Waals surface area contributed by atoms with Crippen LogP contribution in [0.2, 0.25) is 0 Å². The molecule has 4 nitrogen and oxygen atoms in total. The number of quaternary nitrogens is 1. The first-order chi connectivity index (χ1) is 14.0. The van der Waals surface area contributed by atoms with Crippen molar-refractivity contribution in [3.63, 3.8) is 0 Å². The van der Waals surface area contributed by atoms with Gasteiger partial charge in [-0.25, -0.2) is 0 Å². The highest BCUT2D eigenvalue weighted by Gasteiger charge is 2.13. The van der Waals surface area contributed by atoms with Crippen molar-refractivity contribution in [2.24, 2.45) is 0 Å². The van der Waals surface area contributed by atoms with Gasteiger partial charge >= 0.3 is 0 Å². The second kappa shape index (κ2) is 23.8. The number of hydrogen-bond donors (Lipinski definition) is 2. The number of rotatable bonds is 22. The summed E-state index contributed by atoms with van der Waals surface area (Å²) in [6, 6.07) is 0. The van der Waals surface area contributed by atoms with Gasteiger partial charge in [0.15, 0.2) is 0 Å². The Labute approximate surface area is 205 Å². The van der Waals surface area contributed by atoms with E-state index in [0.717, 1.165) is 37.0 Å². The number of amides is 1. The minimum Gasteiger partial charge on any atom is -1.00 e. The molecule has 0 aliphatic heterocycles. The van der Waals surface area contributed by atoms with Gasteiger partial charge in [0.25, 0.3) is 0 Å². The molecule has 0 aliphatic carbocycles. The fourth-order valence-corrected chi connectivity index (χ4v) is 3.86. The predicted octanol–water partition coefficient (Wildman–Crippen LogP) is 2.83. The molecule has 0 aromatic carbocycles. The van der Waals surface area contributed by atoms with Crippen LogP contribution < -0.4 is 29.3 Å². The van der Waals surface area contributed by atoms with Gasteiger partial charge in [0.05, 0.1) is 27.2 Å². The van der Waals surface area contributed by atoms with E-state index in [2.05, 4.69) is 26.3 Å². The van der Waals surface area contributed by atoms with E-state index in [9.17, 15) is 4.79 Å². The van der Waals surface area contributed by atoms with E-state index in [1.807, 2.05) is 0 Å². The molecule has 0 saturated heterocycles. The Balaban J connectivity index is 0. The topological polar surface area (TPSA) is 49.3 Å². The smallest absolute Gasteiger partial charge is 0.219 e. The highest BCUT2D eigenvalue weighted by atomic mass is 127. The zero-order valence-corrected chi connectivity index (χ0v) is 22.7. The second-order valence-electron chi connectivity index (χ2n) is 9.51. The summed E-state index contributed by atoms with van der Waals surface area (Å²) in [6.45, 7) is 5.01. The van der Waals surface area contributed by atoms with Gasteiger partial charge in [0, 0.05) is 19.4 Å². The van der Waals surface area contributed by atoms with Crippen molar-refractivity contribution in [1.82, 2.24) is 5.32 Å². The lowest BCUT2D eigenvalue weighted by molar-refractivity contribution is -0.890. The van der Waals surface area contributed by atoms with Crippen LogP contribution in [0, 0.1) is 0 Å². The third-order valence-corrected chi connectivity index (χ3v) is 5.98. The normalized spacial score (nSPS) is 11.3. The number of hydrogen-bond acceptors (Lipinski definition) is 2. The summed E-state index contributed by atoms with van der Waals surface area (Å²) in [5, 5.41) is 12.1. The molecule has 0 spiro atoms. The summed E-state index contributed by atoms with van der Waals surface area (Å²) in [5.74, 6) is 0.201. The molecule has 0 aliphatic rings. The van der Waals surface area contributed by atoms with Crippen molar-refractivity contribution >= 4 is 5.91 Å².